The zero-order chi connectivity index (χ0) is 9.26. The van der Waals surface area contributed by atoms with E-state index in [2.05, 4.69) is 4.99 Å². The van der Waals surface area contributed by atoms with Crippen molar-refractivity contribution >= 4 is 12.1 Å². The van der Waals surface area contributed by atoms with E-state index in [1.54, 1.807) is 18.5 Å². The molecule has 0 bridgehead atoms. The Morgan fingerprint density at radius 1 is 1.54 bits per heavy atom. The number of amides is 1. The van der Waals surface area contributed by atoms with E-state index < -0.39 is 5.91 Å². The number of hydrogen-bond acceptors (Lipinski definition) is 2. The van der Waals surface area contributed by atoms with Crippen molar-refractivity contribution in [2.75, 3.05) is 0 Å². The van der Waals surface area contributed by atoms with Gasteiger partial charge >= 0.3 is 0 Å². The van der Waals surface area contributed by atoms with E-state index in [9.17, 15) is 4.79 Å². The van der Waals surface area contributed by atoms with Crippen molar-refractivity contribution in [3.8, 4) is 0 Å². The van der Waals surface area contributed by atoms with Gasteiger partial charge in [0.15, 0.2) is 0 Å². The van der Waals surface area contributed by atoms with Crippen LogP contribution in [0.25, 0.3) is 0 Å². The molecule has 1 aromatic heterocycles. The Morgan fingerprint density at radius 3 is 3.15 bits per heavy atom. The lowest BCUT2D eigenvalue weighted by molar-refractivity contribution is 0.0992. The Kier molecular flexibility index (Phi) is 1.73. The van der Waals surface area contributed by atoms with E-state index in [0.29, 0.717) is 12.2 Å². The number of rotatable bonds is 1. The Morgan fingerprint density at radius 2 is 2.38 bits per heavy atom. The molecule has 0 fully saturated rings. The number of fused-ring (bicyclic) bond motifs is 1. The smallest absolute Gasteiger partial charge is 0.265 e. The van der Waals surface area contributed by atoms with Crippen LogP contribution in [0, 0.1) is 0 Å². The molecule has 0 spiro atoms. The summed E-state index contributed by atoms with van der Waals surface area (Å²) in [5, 5.41) is 0. The topological polar surface area (TPSA) is 60.4 Å². The van der Waals surface area contributed by atoms with Gasteiger partial charge in [-0.15, -0.1) is 0 Å². The average molecular weight is 175 g/mol. The fourth-order valence-corrected chi connectivity index (χ4v) is 1.35. The summed E-state index contributed by atoms with van der Waals surface area (Å²) in [6.45, 7) is 0.639. The molecule has 0 radical (unpaired) electrons. The van der Waals surface area contributed by atoms with E-state index in [-0.39, 0.29) is 0 Å². The van der Waals surface area contributed by atoms with Crippen molar-refractivity contribution in [2.45, 2.75) is 6.54 Å². The standard InChI is InChI=1S/C9H9N3O/c10-9(13)8-3-2-7-6-11-4-1-5-12(7)8/h1-4,6H,5H2,(H2,10,13). The zero-order valence-corrected chi connectivity index (χ0v) is 6.97. The van der Waals surface area contributed by atoms with Crippen LogP contribution < -0.4 is 5.73 Å². The highest BCUT2D eigenvalue weighted by Gasteiger charge is 2.10. The van der Waals surface area contributed by atoms with Gasteiger partial charge in [0.1, 0.15) is 5.69 Å². The van der Waals surface area contributed by atoms with E-state index in [0.717, 1.165) is 5.69 Å². The molecule has 0 aliphatic carbocycles. The number of nitrogens with two attached hydrogens (primary N) is 1. The summed E-state index contributed by atoms with van der Waals surface area (Å²) in [6.07, 6.45) is 5.28. The number of nitrogens with zero attached hydrogens (tertiary/aromatic N) is 2. The summed E-state index contributed by atoms with van der Waals surface area (Å²) in [7, 11) is 0. The molecule has 13 heavy (non-hydrogen) atoms. The first-order valence-electron chi connectivity index (χ1n) is 3.96. The van der Waals surface area contributed by atoms with Gasteiger partial charge in [-0.2, -0.15) is 0 Å². The fraction of sp³-hybridized carbons (Fsp3) is 0.111. The molecule has 0 saturated carbocycles. The third kappa shape index (κ3) is 1.26. The number of hydrogen-bond donors (Lipinski definition) is 1. The van der Waals surface area contributed by atoms with Crippen LogP contribution in [0.2, 0.25) is 0 Å². The second-order valence-electron chi connectivity index (χ2n) is 2.78. The molecule has 2 heterocycles. The van der Waals surface area contributed by atoms with Gasteiger partial charge in [0.25, 0.3) is 5.91 Å². The number of aliphatic imine (C=N–C) groups is 1. The van der Waals surface area contributed by atoms with Gasteiger partial charge in [-0.1, -0.05) is 0 Å². The number of allylic oxidation sites excluding steroid dienone is 1. The van der Waals surface area contributed by atoms with Crippen LogP contribution in [0.3, 0.4) is 0 Å². The lowest BCUT2D eigenvalue weighted by Gasteiger charge is -2.04. The van der Waals surface area contributed by atoms with Gasteiger partial charge in [-0.05, 0) is 18.2 Å². The number of carbonyl (C=O) groups excluding carboxylic acids is 1. The number of aromatic nitrogens is 1. The Bertz CT molecular complexity index is 401. The average Bonchev–Trinajstić information content (AvgIpc) is 2.36. The van der Waals surface area contributed by atoms with Crippen molar-refractivity contribution in [3.63, 3.8) is 0 Å². The molecule has 1 aromatic rings. The summed E-state index contributed by atoms with van der Waals surface area (Å²) in [5.41, 5.74) is 6.63. The summed E-state index contributed by atoms with van der Waals surface area (Å²) < 4.78 is 1.83. The third-order valence-electron chi connectivity index (χ3n) is 1.95. The van der Waals surface area contributed by atoms with Gasteiger partial charge in [0.05, 0.1) is 11.9 Å². The minimum atomic E-state index is -0.407. The van der Waals surface area contributed by atoms with Crippen LogP contribution in [0.15, 0.2) is 29.4 Å². The quantitative estimate of drug-likeness (QED) is 0.665. The van der Waals surface area contributed by atoms with Crippen LogP contribution in [0.5, 0.6) is 0 Å². The molecular weight excluding hydrogens is 166 g/mol. The molecule has 4 heteroatoms. The van der Waals surface area contributed by atoms with Crippen LogP contribution in [-0.2, 0) is 6.54 Å². The van der Waals surface area contributed by atoms with E-state index in [1.165, 1.54) is 0 Å². The normalized spacial score (nSPS) is 13.8. The highest BCUT2D eigenvalue weighted by Crippen LogP contribution is 2.09. The summed E-state index contributed by atoms with van der Waals surface area (Å²) in [5.74, 6) is -0.407. The largest absolute Gasteiger partial charge is 0.364 e. The fourth-order valence-electron chi connectivity index (χ4n) is 1.35. The van der Waals surface area contributed by atoms with Crippen molar-refractivity contribution in [1.29, 1.82) is 0 Å². The minimum Gasteiger partial charge on any atom is -0.364 e. The summed E-state index contributed by atoms with van der Waals surface area (Å²) in [6, 6.07) is 3.54. The molecule has 1 aliphatic rings. The molecule has 1 aliphatic heterocycles. The molecule has 4 nitrogen and oxygen atoms in total. The van der Waals surface area contributed by atoms with Crippen LogP contribution in [-0.4, -0.2) is 16.7 Å². The molecular formula is C9H9N3O. The second kappa shape index (κ2) is 2.90. The first kappa shape index (κ1) is 7.79. The zero-order valence-electron chi connectivity index (χ0n) is 6.97. The molecule has 0 unspecified atom stereocenters. The highest BCUT2D eigenvalue weighted by molar-refractivity contribution is 5.93. The number of carbonyl (C=O) groups is 1. The molecule has 66 valence electrons. The van der Waals surface area contributed by atoms with Crippen LogP contribution >= 0.6 is 0 Å². The lowest BCUT2D eigenvalue weighted by Crippen LogP contribution is -2.17. The van der Waals surface area contributed by atoms with Gasteiger partial charge in [-0.3, -0.25) is 9.79 Å². The van der Waals surface area contributed by atoms with Crippen LogP contribution in [0.1, 0.15) is 16.2 Å². The summed E-state index contributed by atoms with van der Waals surface area (Å²) in [4.78, 5) is 15.0. The maximum atomic E-state index is 11.0. The van der Waals surface area contributed by atoms with Crippen LogP contribution in [0.4, 0.5) is 0 Å². The molecule has 1 amide bonds. The maximum Gasteiger partial charge on any atom is 0.265 e. The third-order valence-corrected chi connectivity index (χ3v) is 1.95. The van der Waals surface area contributed by atoms with Gasteiger partial charge in [0, 0.05) is 12.7 Å². The molecule has 0 aromatic carbocycles. The molecule has 2 rings (SSSR count). The van der Waals surface area contributed by atoms with Gasteiger partial charge in [-0.25, -0.2) is 0 Å². The Hall–Kier alpha value is -1.84. The van der Waals surface area contributed by atoms with Gasteiger partial charge in [0.2, 0.25) is 0 Å². The van der Waals surface area contributed by atoms with E-state index in [4.69, 9.17) is 5.73 Å². The minimum absolute atomic E-state index is 0.407. The summed E-state index contributed by atoms with van der Waals surface area (Å²) >= 11 is 0. The molecule has 0 atom stereocenters. The van der Waals surface area contributed by atoms with E-state index in [1.807, 2.05) is 16.7 Å². The second-order valence-corrected chi connectivity index (χ2v) is 2.78. The predicted octanol–water partition coefficient (Wildman–Crippen LogP) is 0.533. The van der Waals surface area contributed by atoms with Gasteiger partial charge < -0.3 is 10.3 Å². The van der Waals surface area contributed by atoms with Crippen molar-refractivity contribution in [1.82, 2.24) is 4.57 Å². The van der Waals surface area contributed by atoms with Crippen molar-refractivity contribution in [2.24, 2.45) is 10.7 Å². The van der Waals surface area contributed by atoms with Crippen molar-refractivity contribution < 1.29 is 4.79 Å². The molecule has 2 N–H and O–H groups in total. The predicted molar refractivity (Wildman–Crippen MR) is 49.7 cm³/mol. The number of primary amides is 1. The van der Waals surface area contributed by atoms with E-state index >= 15 is 0 Å². The molecule has 0 saturated heterocycles. The lowest BCUT2D eigenvalue weighted by atomic mass is 10.4. The maximum absolute atomic E-state index is 11.0. The Balaban J connectivity index is 2.53. The first-order valence-corrected chi connectivity index (χ1v) is 3.96. The monoisotopic (exact) mass is 175 g/mol. The first-order chi connectivity index (χ1) is 6.29. The Labute approximate surface area is 75.4 Å². The van der Waals surface area contributed by atoms with Crippen molar-refractivity contribution in [3.05, 3.63) is 35.8 Å². The SMILES string of the molecule is NC(=O)c1ccc2n1CC=CN=C2. The highest BCUT2D eigenvalue weighted by atomic mass is 16.1.